The van der Waals surface area contributed by atoms with Gasteiger partial charge in [-0.15, -0.1) is 0 Å². The molecule has 4 heteroatoms. The molecule has 0 spiro atoms. The van der Waals surface area contributed by atoms with Crippen molar-refractivity contribution in [2.75, 3.05) is 0 Å². The second-order valence-corrected chi connectivity index (χ2v) is 5.78. The predicted molar refractivity (Wildman–Crippen MR) is 78.5 cm³/mol. The number of aliphatic hydroxyl groups excluding tert-OH is 1. The SMILES string of the molecule is CCCCCCCCCC(O)c1c(Br)cnn1C. The molecule has 1 heterocycles. The van der Waals surface area contributed by atoms with Gasteiger partial charge in [-0.1, -0.05) is 51.9 Å². The lowest BCUT2D eigenvalue weighted by Gasteiger charge is -2.11. The number of unbranched alkanes of at least 4 members (excludes halogenated alkanes) is 6. The smallest absolute Gasteiger partial charge is 0.0968 e. The van der Waals surface area contributed by atoms with E-state index in [4.69, 9.17) is 0 Å². The Hall–Kier alpha value is -0.350. The second-order valence-electron chi connectivity index (χ2n) is 4.93. The van der Waals surface area contributed by atoms with E-state index in [0.29, 0.717) is 0 Å². The zero-order chi connectivity index (χ0) is 13.4. The van der Waals surface area contributed by atoms with Crippen LogP contribution >= 0.6 is 15.9 Å². The second kappa shape index (κ2) is 8.70. The van der Waals surface area contributed by atoms with Crippen LogP contribution in [-0.2, 0) is 7.05 Å². The zero-order valence-electron chi connectivity index (χ0n) is 11.5. The highest BCUT2D eigenvalue weighted by Crippen LogP contribution is 2.26. The average molecular weight is 317 g/mol. The lowest BCUT2D eigenvalue weighted by molar-refractivity contribution is 0.153. The van der Waals surface area contributed by atoms with Crippen LogP contribution in [0, 0.1) is 0 Å². The predicted octanol–water partition coefficient (Wildman–Crippen LogP) is 4.36. The summed E-state index contributed by atoms with van der Waals surface area (Å²) in [5.74, 6) is 0. The third-order valence-electron chi connectivity index (χ3n) is 3.33. The molecule has 1 unspecified atom stereocenters. The van der Waals surface area contributed by atoms with E-state index in [0.717, 1.165) is 23.0 Å². The van der Waals surface area contributed by atoms with Crippen molar-refractivity contribution in [2.24, 2.45) is 7.05 Å². The van der Waals surface area contributed by atoms with Crippen molar-refractivity contribution in [3.8, 4) is 0 Å². The Morgan fingerprint density at radius 2 is 1.83 bits per heavy atom. The molecule has 0 bridgehead atoms. The summed E-state index contributed by atoms with van der Waals surface area (Å²) in [5.41, 5.74) is 0.890. The first kappa shape index (κ1) is 15.7. The summed E-state index contributed by atoms with van der Waals surface area (Å²) < 4.78 is 2.65. The van der Waals surface area contributed by atoms with E-state index in [9.17, 15) is 5.11 Å². The summed E-state index contributed by atoms with van der Waals surface area (Å²) in [4.78, 5) is 0. The third kappa shape index (κ3) is 5.11. The summed E-state index contributed by atoms with van der Waals surface area (Å²) in [5, 5.41) is 14.2. The first-order valence-corrected chi connectivity index (χ1v) is 7.81. The molecule has 0 fully saturated rings. The number of nitrogens with zero attached hydrogens (tertiary/aromatic N) is 2. The van der Waals surface area contributed by atoms with Gasteiger partial charge in [0.1, 0.15) is 0 Å². The number of aryl methyl sites for hydroxylation is 1. The van der Waals surface area contributed by atoms with E-state index in [1.165, 1.54) is 38.5 Å². The average Bonchev–Trinajstić information content (AvgIpc) is 2.68. The largest absolute Gasteiger partial charge is 0.387 e. The standard InChI is InChI=1S/C14H25BrN2O/c1-3-4-5-6-7-8-9-10-13(18)14-12(15)11-16-17(14)2/h11,13,18H,3-10H2,1-2H3. The molecule has 0 aliphatic carbocycles. The number of rotatable bonds is 9. The lowest BCUT2D eigenvalue weighted by Crippen LogP contribution is -2.05. The molecule has 0 aliphatic heterocycles. The summed E-state index contributed by atoms with van der Waals surface area (Å²) in [6.07, 6.45) is 11.1. The van der Waals surface area contributed by atoms with Gasteiger partial charge < -0.3 is 5.11 Å². The molecule has 1 atom stereocenters. The van der Waals surface area contributed by atoms with Gasteiger partial charge in [-0.2, -0.15) is 5.10 Å². The molecule has 1 N–H and O–H groups in total. The van der Waals surface area contributed by atoms with Crippen LogP contribution in [0.1, 0.15) is 70.1 Å². The Morgan fingerprint density at radius 1 is 1.22 bits per heavy atom. The van der Waals surface area contributed by atoms with Gasteiger partial charge in [0.05, 0.1) is 22.5 Å². The van der Waals surface area contributed by atoms with Crippen molar-refractivity contribution in [3.63, 3.8) is 0 Å². The van der Waals surface area contributed by atoms with Crippen LogP contribution < -0.4 is 0 Å². The molecule has 1 aromatic rings. The van der Waals surface area contributed by atoms with Crippen LogP contribution in [0.25, 0.3) is 0 Å². The van der Waals surface area contributed by atoms with Gasteiger partial charge in [-0.3, -0.25) is 4.68 Å². The summed E-state index contributed by atoms with van der Waals surface area (Å²) in [6.45, 7) is 2.24. The zero-order valence-corrected chi connectivity index (χ0v) is 13.1. The van der Waals surface area contributed by atoms with Crippen molar-refractivity contribution in [1.82, 2.24) is 9.78 Å². The van der Waals surface area contributed by atoms with Crippen LogP contribution in [0.5, 0.6) is 0 Å². The Balaban J connectivity index is 2.16. The van der Waals surface area contributed by atoms with Crippen molar-refractivity contribution in [2.45, 2.75) is 64.4 Å². The maximum Gasteiger partial charge on any atom is 0.0968 e. The Labute approximate surface area is 119 Å². The minimum Gasteiger partial charge on any atom is -0.387 e. The van der Waals surface area contributed by atoms with Gasteiger partial charge in [0.15, 0.2) is 0 Å². The molecule has 0 saturated carbocycles. The highest BCUT2D eigenvalue weighted by molar-refractivity contribution is 9.10. The molecular formula is C14H25BrN2O. The summed E-state index contributed by atoms with van der Waals surface area (Å²) in [6, 6.07) is 0. The molecule has 0 amide bonds. The molecule has 18 heavy (non-hydrogen) atoms. The van der Waals surface area contributed by atoms with Crippen molar-refractivity contribution >= 4 is 15.9 Å². The van der Waals surface area contributed by atoms with Gasteiger partial charge >= 0.3 is 0 Å². The van der Waals surface area contributed by atoms with E-state index >= 15 is 0 Å². The molecule has 0 saturated heterocycles. The van der Waals surface area contributed by atoms with Crippen LogP contribution in [0.3, 0.4) is 0 Å². The van der Waals surface area contributed by atoms with Crippen molar-refractivity contribution in [3.05, 3.63) is 16.4 Å². The third-order valence-corrected chi connectivity index (χ3v) is 3.95. The van der Waals surface area contributed by atoms with Crippen LogP contribution in [-0.4, -0.2) is 14.9 Å². The first-order valence-electron chi connectivity index (χ1n) is 7.02. The van der Waals surface area contributed by atoms with Crippen LogP contribution in [0.15, 0.2) is 10.7 Å². The van der Waals surface area contributed by atoms with Crippen molar-refractivity contribution < 1.29 is 5.11 Å². The maximum absolute atomic E-state index is 10.1. The highest BCUT2D eigenvalue weighted by atomic mass is 79.9. The number of aliphatic hydroxyl groups is 1. The summed E-state index contributed by atoms with van der Waals surface area (Å²) in [7, 11) is 1.87. The molecule has 0 aliphatic rings. The number of hydrogen-bond donors (Lipinski definition) is 1. The molecule has 104 valence electrons. The lowest BCUT2D eigenvalue weighted by atomic mass is 10.0. The minimum absolute atomic E-state index is 0.400. The number of hydrogen-bond acceptors (Lipinski definition) is 2. The van der Waals surface area contributed by atoms with Gasteiger partial charge in [-0.05, 0) is 22.4 Å². The minimum atomic E-state index is -0.400. The quantitative estimate of drug-likeness (QED) is 0.687. The fraction of sp³-hybridized carbons (Fsp3) is 0.786. The van der Waals surface area contributed by atoms with E-state index in [1.807, 2.05) is 7.05 Å². The maximum atomic E-state index is 10.1. The molecule has 3 nitrogen and oxygen atoms in total. The molecule has 0 radical (unpaired) electrons. The number of aromatic nitrogens is 2. The topological polar surface area (TPSA) is 38.1 Å². The Kier molecular flexibility index (Phi) is 7.59. The Bertz CT molecular complexity index is 319. The van der Waals surface area contributed by atoms with E-state index in [-0.39, 0.29) is 0 Å². The van der Waals surface area contributed by atoms with Crippen molar-refractivity contribution in [1.29, 1.82) is 0 Å². The fourth-order valence-electron chi connectivity index (χ4n) is 2.23. The highest BCUT2D eigenvalue weighted by Gasteiger charge is 2.15. The number of halogens is 1. The van der Waals surface area contributed by atoms with E-state index in [1.54, 1.807) is 10.9 Å². The normalized spacial score (nSPS) is 12.9. The molecule has 1 rings (SSSR count). The molecular weight excluding hydrogens is 292 g/mol. The fourth-order valence-corrected chi connectivity index (χ4v) is 2.84. The molecule has 1 aromatic heterocycles. The van der Waals surface area contributed by atoms with Gasteiger partial charge in [0.25, 0.3) is 0 Å². The monoisotopic (exact) mass is 316 g/mol. The van der Waals surface area contributed by atoms with Gasteiger partial charge in [-0.25, -0.2) is 0 Å². The first-order chi connectivity index (χ1) is 8.66. The van der Waals surface area contributed by atoms with Gasteiger partial charge in [0.2, 0.25) is 0 Å². The van der Waals surface area contributed by atoms with E-state index in [2.05, 4.69) is 28.0 Å². The molecule has 0 aromatic carbocycles. The summed E-state index contributed by atoms with van der Waals surface area (Å²) >= 11 is 3.43. The van der Waals surface area contributed by atoms with E-state index < -0.39 is 6.10 Å². The van der Waals surface area contributed by atoms with Gasteiger partial charge in [0, 0.05) is 7.05 Å². The Morgan fingerprint density at radius 3 is 2.39 bits per heavy atom. The van der Waals surface area contributed by atoms with Crippen LogP contribution in [0.2, 0.25) is 0 Å². The van der Waals surface area contributed by atoms with Crippen LogP contribution in [0.4, 0.5) is 0 Å².